The minimum Gasteiger partial charge on any atom is -0.0991 e. The molecular weight excluding hydrogens is 283 g/mol. The third-order valence-electron chi connectivity index (χ3n) is 4.84. The summed E-state index contributed by atoms with van der Waals surface area (Å²) < 4.78 is 0. The molecule has 0 nitrogen and oxygen atoms in total. The summed E-state index contributed by atoms with van der Waals surface area (Å²) in [4.78, 5) is 0. The van der Waals surface area contributed by atoms with Crippen molar-refractivity contribution >= 4 is 29.0 Å². The van der Waals surface area contributed by atoms with Gasteiger partial charge >= 0.3 is 0 Å². The van der Waals surface area contributed by atoms with E-state index in [-0.39, 0.29) is 0 Å². The molecule has 2 rings (SSSR count). The first-order valence-electron chi connectivity index (χ1n) is 9.01. The third-order valence-corrected chi connectivity index (χ3v) is 4.84. The summed E-state index contributed by atoms with van der Waals surface area (Å²) in [5, 5.41) is 0. The molecule has 1 saturated carbocycles. The van der Waals surface area contributed by atoms with Gasteiger partial charge in [0.1, 0.15) is 0 Å². The van der Waals surface area contributed by atoms with Crippen LogP contribution in [0.3, 0.4) is 0 Å². The van der Waals surface area contributed by atoms with Crippen LogP contribution in [0.4, 0.5) is 0 Å². The maximum Gasteiger partial charge on any atom is 0.0587 e. The molecule has 0 aromatic heterocycles. The first-order chi connectivity index (χ1) is 11.8. The Morgan fingerprint density at radius 3 is 2.50 bits per heavy atom. The number of benzene rings is 1. The average Bonchev–Trinajstić information content (AvgIpc) is 2.61. The van der Waals surface area contributed by atoms with Crippen LogP contribution in [0, 0.1) is 0 Å². The molecule has 0 N–H and O–H groups in total. The molecule has 4 heteroatoms. The molecule has 0 unspecified atom stereocenters. The van der Waals surface area contributed by atoms with Crippen molar-refractivity contribution in [3.05, 3.63) is 71.8 Å². The Balaban J connectivity index is 1.90. The highest BCUT2D eigenvalue weighted by molar-refractivity contribution is 7.41. The van der Waals surface area contributed by atoms with E-state index < -0.39 is 0 Å². The van der Waals surface area contributed by atoms with Crippen molar-refractivity contribution in [2.24, 2.45) is 0 Å². The zero-order valence-corrected chi connectivity index (χ0v) is 14.8. The van der Waals surface area contributed by atoms with Gasteiger partial charge in [-0.1, -0.05) is 73.8 Å². The van der Waals surface area contributed by atoms with E-state index in [1.165, 1.54) is 42.4 Å². The molecule has 0 atom stereocenters. The maximum absolute atomic E-state index is 5.43. The standard InChI is InChI=1S/C20H25B4/c1-3-5-16(6-4-2)15-17-7-9-18(10-8-17)19-11-13-20(14-12-19)22-24-23-21/h3-10,19-20H,1,11-15H2,2H3/b6-4-,16-5+. The first-order valence-corrected chi connectivity index (χ1v) is 9.01. The monoisotopic (exact) mass is 309 g/mol. The zero-order chi connectivity index (χ0) is 17.2. The summed E-state index contributed by atoms with van der Waals surface area (Å²) in [5.41, 5.74) is 4.15. The van der Waals surface area contributed by atoms with E-state index in [9.17, 15) is 0 Å². The van der Waals surface area contributed by atoms with Crippen LogP contribution in [0.2, 0.25) is 5.82 Å². The Kier molecular flexibility index (Phi) is 8.36. The lowest BCUT2D eigenvalue weighted by Gasteiger charge is -2.29. The van der Waals surface area contributed by atoms with Gasteiger partial charge in [0.2, 0.25) is 0 Å². The molecule has 24 heavy (non-hydrogen) atoms. The van der Waals surface area contributed by atoms with Crippen molar-refractivity contribution < 1.29 is 0 Å². The Hall–Kier alpha value is -1.30. The number of hydrogen-bond donors (Lipinski definition) is 0. The van der Waals surface area contributed by atoms with E-state index in [1.807, 2.05) is 13.1 Å². The van der Waals surface area contributed by atoms with Gasteiger partial charge < -0.3 is 0 Å². The topological polar surface area (TPSA) is 0 Å². The highest BCUT2D eigenvalue weighted by atomic mass is 14.2. The molecule has 0 spiro atoms. The second-order valence-electron chi connectivity index (χ2n) is 6.58. The van der Waals surface area contributed by atoms with Crippen LogP contribution in [-0.4, -0.2) is 29.0 Å². The lowest BCUT2D eigenvalue weighted by atomic mass is 9.11. The van der Waals surface area contributed by atoms with Gasteiger partial charge in [-0.05, 0) is 48.8 Å². The molecule has 1 aliphatic rings. The fraction of sp³-hybridized carbons (Fsp3) is 0.400. The van der Waals surface area contributed by atoms with Gasteiger partial charge in [0, 0.05) is 21.9 Å². The lowest BCUT2D eigenvalue weighted by molar-refractivity contribution is 0.443. The average molecular weight is 309 g/mol. The Morgan fingerprint density at radius 2 is 1.92 bits per heavy atom. The first kappa shape index (κ1) is 19.0. The van der Waals surface area contributed by atoms with Crippen molar-refractivity contribution in [3.63, 3.8) is 0 Å². The summed E-state index contributed by atoms with van der Waals surface area (Å²) in [6.45, 7) is 5.85. The van der Waals surface area contributed by atoms with Gasteiger partial charge in [0.25, 0.3) is 0 Å². The van der Waals surface area contributed by atoms with Gasteiger partial charge in [0.05, 0.1) is 7.17 Å². The Morgan fingerprint density at radius 1 is 1.21 bits per heavy atom. The molecule has 0 aliphatic heterocycles. The van der Waals surface area contributed by atoms with E-state index in [4.69, 9.17) is 7.74 Å². The third kappa shape index (κ3) is 5.96. The molecule has 0 saturated heterocycles. The second-order valence-corrected chi connectivity index (χ2v) is 6.58. The fourth-order valence-corrected chi connectivity index (χ4v) is 3.55. The van der Waals surface area contributed by atoms with Crippen LogP contribution in [0.1, 0.15) is 49.7 Å². The molecule has 1 aliphatic carbocycles. The highest BCUT2D eigenvalue weighted by Crippen LogP contribution is 2.38. The van der Waals surface area contributed by atoms with E-state index in [0.717, 1.165) is 6.42 Å². The van der Waals surface area contributed by atoms with Crippen molar-refractivity contribution in [2.75, 3.05) is 0 Å². The highest BCUT2D eigenvalue weighted by Gasteiger charge is 2.21. The van der Waals surface area contributed by atoms with Gasteiger partial charge in [-0.2, -0.15) is 0 Å². The maximum atomic E-state index is 5.43. The number of rotatable bonds is 8. The summed E-state index contributed by atoms with van der Waals surface area (Å²) >= 11 is 0. The minimum atomic E-state index is 0.702. The summed E-state index contributed by atoms with van der Waals surface area (Å²) in [6, 6.07) is 9.21. The smallest absolute Gasteiger partial charge is 0.0587 e. The summed E-state index contributed by atoms with van der Waals surface area (Å²) in [5.74, 6) is 1.41. The van der Waals surface area contributed by atoms with E-state index in [2.05, 4.69) is 63.2 Å². The predicted octanol–water partition coefficient (Wildman–Crippen LogP) is 4.39. The van der Waals surface area contributed by atoms with Crippen LogP contribution < -0.4 is 0 Å². The van der Waals surface area contributed by atoms with Crippen LogP contribution in [-0.2, 0) is 6.42 Å². The molecule has 117 valence electrons. The normalized spacial score (nSPS) is 21.5. The van der Waals surface area contributed by atoms with Crippen LogP contribution >= 0.6 is 0 Å². The van der Waals surface area contributed by atoms with Crippen molar-refractivity contribution in [3.8, 4) is 0 Å². The van der Waals surface area contributed by atoms with Crippen molar-refractivity contribution in [2.45, 2.75) is 50.8 Å². The van der Waals surface area contributed by atoms with Crippen LogP contribution in [0.15, 0.2) is 60.7 Å². The van der Waals surface area contributed by atoms with E-state index in [1.54, 1.807) is 7.06 Å². The molecular formula is C20H25B4. The van der Waals surface area contributed by atoms with Gasteiger partial charge in [-0.3, -0.25) is 0 Å². The SMILES string of the molecule is [B][B][B][B]C1CCC(c2ccc(CC(/C=C\C)=C/C=C)cc2)CC1. The Bertz CT molecular complexity index is 552. The molecule has 1 fully saturated rings. The fourth-order valence-electron chi connectivity index (χ4n) is 3.55. The molecule has 0 bridgehead atoms. The van der Waals surface area contributed by atoms with Crippen LogP contribution in [0.25, 0.3) is 0 Å². The van der Waals surface area contributed by atoms with Gasteiger partial charge in [0.15, 0.2) is 0 Å². The number of allylic oxidation sites excluding steroid dienone is 5. The zero-order valence-electron chi connectivity index (χ0n) is 14.8. The molecule has 1 aromatic rings. The largest absolute Gasteiger partial charge is 0.0991 e. The quantitative estimate of drug-likeness (QED) is 0.493. The van der Waals surface area contributed by atoms with Gasteiger partial charge in [-0.25, -0.2) is 0 Å². The lowest BCUT2D eigenvalue weighted by Crippen LogP contribution is -2.21. The van der Waals surface area contributed by atoms with E-state index in [0.29, 0.717) is 11.7 Å². The van der Waals surface area contributed by atoms with Crippen molar-refractivity contribution in [1.82, 2.24) is 0 Å². The van der Waals surface area contributed by atoms with Crippen LogP contribution in [0.5, 0.6) is 0 Å². The second kappa shape index (κ2) is 10.5. The predicted molar refractivity (Wildman–Crippen MR) is 111 cm³/mol. The molecule has 1 aromatic carbocycles. The number of hydrogen-bond acceptors (Lipinski definition) is 0. The van der Waals surface area contributed by atoms with Gasteiger partial charge in [-0.15, -0.1) is 0 Å². The molecule has 0 heterocycles. The minimum absolute atomic E-state index is 0.702. The molecule has 0 amide bonds. The molecule has 5 radical (unpaired) electrons. The van der Waals surface area contributed by atoms with E-state index >= 15 is 0 Å². The Labute approximate surface area is 152 Å². The van der Waals surface area contributed by atoms with Crippen molar-refractivity contribution in [1.29, 1.82) is 0 Å². The summed E-state index contributed by atoms with van der Waals surface area (Å²) in [6.07, 6.45) is 14.2. The summed E-state index contributed by atoms with van der Waals surface area (Å²) in [7, 11) is 11.3.